The molecule has 0 radical (unpaired) electrons. The molecule has 0 amide bonds. The number of halogens is 3. The molecule has 2 heterocycles. The smallest absolute Gasteiger partial charge is 0.416 e. The summed E-state index contributed by atoms with van der Waals surface area (Å²) in [5, 5.41) is 19.4. The first-order valence-electron chi connectivity index (χ1n) is 7.55. The Morgan fingerprint density at radius 2 is 1.85 bits per heavy atom. The molecule has 0 spiro atoms. The van der Waals surface area contributed by atoms with Gasteiger partial charge in [-0.3, -0.25) is 0 Å². The lowest BCUT2D eigenvalue weighted by Crippen LogP contribution is -2.10. The molecule has 0 aliphatic heterocycles. The third-order valence-electron chi connectivity index (χ3n) is 3.39. The number of anilines is 2. The maximum Gasteiger partial charge on any atom is 0.416 e. The van der Waals surface area contributed by atoms with Crippen molar-refractivity contribution in [2.24, 2.45) is 0 Å². The SMILES string of the molecule is CN(C#N)Cc1nnc(-c2nccnc2Nc2ccc(C(F)(F)F)cc2)o1. The van der Waals surface area contributed by atoms with Crippen molar-refractivity contribution in [3.8, 4) is 17.8 Å². The summed E-state index contributed by atoms with van der Waals surface area (Å²) in [5.41, 5.74) is -0.139. The predicted octanol–water partition coefficient (Wildman–Crippen LogP) is 3.20. The van der Waals surface area contributed by atoms with Crippen LogP contribution in [0.2, 0.25) is 0 Å². The van der Waals surface area contributed by atoms with Crippen molar-refractivity contribution >= 4 is 11.5 Å². The Kier molecular flexibility index (Phi) is 4.89. The quantitative estimate of drug-likeness (QED) is 0.536. The molecule has 27 heavy (non-hydrogen) atoms. The summed E-state index contributed by atoms with van der Waals surface area (Å²) in [4.78, 5) is 9.56. The summed E-state index contributed by atoms with van der Waals surface area (Å²) < 4.78 is 43.4. The van der Waals surface area contributed by atoms with Crippen molar-refractivity contribution in [3.63, 3.8) is 0 Å². The van der Waals surface area contributed by atoms with E-state index in [1.165, 1.54) is 29.4 Å². The van der Waals surface area contributed by atoms with E-state index in [4.69, 9.17) is 9.68 Å². The van der Waals surface area contributed by atoms with Crippen molar-refractivity contribution in [2.45, 2.75) is 12.7 Å². The Morgan fingerprint density at radius 3 is 2.52 bits per heavy atom. The normalized spacial score (nSPS) is 11.1. The fraction of sp³-hybridized carbons (Fsp3) is 0.188. The van der Waals surface area contributed by atoms with E-state index in [9.17, 15) is 13.2 Å². The van der Waals surface area contributed by atoms with Gasteiger partial charge < -0.3 is 14.6 Å². The summed E-state index contributed by atoms with van der Waals surface area (Å²) in [6.07, 6.45) is 0.326. The highest BCUT2D eigenvalue weighted by molar-refractivity contribution is 5.70. The van der Waals surface area contributed by atoms with E-state index in [-0.39, 0.29) is 29.8 Å². The molecule has 3 aromatic rings. The summed E-state index contributed by atoms with van der Waals surface area (Å²) in [7, 11) is 1.56. The first-order chi connectivity index (χ1) is 12.9. The van der Waals surface area contributed by atoms with Crippen LogP contribution in [0.15, 0.2) is 41.1 Å². The molecule has 0 unspecified atom stereocenters. The van der Waals surface area contributed by atoms with Gasteiger partial charge in [-0.2, -0.15) is 18.4 Å². The zero-order valence-corrected chi connectivity index (χ0v) is 13.9. The van der Waals surface area contributed by atoms with E-state index >= 15 is 0 Å². The van der Waals surface area contributed by atoms with Gasteiger partial charge in [0.05, 0.1) is 5.56 Å². The third-order valence-corrected chi connectivity index (χ3v) is 3.39. The van der Waals surface area contributed by atoms with Gasteiger partial charge in [-0.1, -0.05) is 0 Å². The number of rotatable bonds is 5. The highest BCUT2D eigenvalue weighted by Crippen LogP contribution is 2.31. The average molecular weight is 375 g/mol. The molecule has 1 N–H and O–H groups in total. The molecule has 0 saturated heterocycles. The Morgan fingerprint density at radius 1 is 1.15 bits per heavy atom. The highest BCUT2D eigenvalue weighted by Gasteiger charge is 2.30. The maximum atomic E-state index is 12.7. The summed E-state index contributed by atoms with van der Waals surface area (Å²) in [5.74, 6) is 0.514. The number of aromatic nitrogens is 4. The van der Waals surface area contributed by atoms with Crippen molar-refractivity contribution in [2.75, 3.05) is 12.4 Å². The van der Waals surface area contributed by atoms with E-state index in [0.29, 0.717) is 5.69 Å². The molecular formula is C16H12F3N7O. The monoisotopic (exact) mass is 375 g/mol. The second-order valence-electron chi connectivity index (χ2n) is 5.41. The van der Waals surface area contributed by atoms with Gasteiger partial charge in [-0.25, -0.2) is 9.97 Å². The highest BCUT2D eigenvalue weighted by atomic mass is 19.4. The Hall–Kier alpha value is -3.68. The zero-order valence-electron chi connectivity index (χ0n) is 13.9. The largest absolute Gasteiger partial charge is 0.417 e. The lowest BCUT2D eigenvalue weighted by Gasteiger charge is -2.10. The summed E-state index contributed by atoms with van der Waals surface area (Å²) in [6.45, 7) is 0.130. The van der Waals surface area contributed by atoms with Gasteiger partial charge in [-0.15, -0.1) is 10.2 Å². The van der Waals surface area contributed by atoms with Gasteiger partial charge >= 0.3 is 6.18 Å². The van der Waals surface area contributed by atoms with E-state index < -0.39 is 11.7 Å². The molecular weight excluding hydrogens is 363 g/mol. The fourth-order valence-electron chi connectivity index (χ4n) is 2.12. The number of hydrogen-bond donors (Lipinski definition) is 1. The lowest BCUT2D eigenvalue weighted by atomic mass is 10.2. The maximum absolute atomic E-state index is 12.7. The average Bonchev–Trinajstić information content (AvgIpc) is 3.10. The number of nitrogens with zero attached hydrogens (tertiary/aromatic N) is 6. The summed E-state index contributed by atoms with van der Waals surface area (Å²) in [6, 6.07) is 4.48. The molecule has 3 rings (SSSR count). The van der Waals surface area contributed by atoms with Crippen molar-refractivity contribution in [1.29, 1.82) is 5.26 Å². The van der Waals surface area contributed by atoms with Crippen LogP contribution in [0.4, 0.5) is 24.7 Å². The van der Waals surface area contributed by atoms with Crippen LogP contribution in [0, 0.1) is 11.5 Å². The van der Waals surface area contributed by atoms with Gasteiger partial charge in [0.25, 0.3) is 5.89 Å². The first kappa shape index (κ1) is 18.1. The number of nitriles is 1. The Labute approximate surface area is 151 Å². The first-order valence-corrected chi connectivity index (χ1v) is 7.55. The lowest BCUT2D eigenvalue weighted by molar-refractivity contribution is -0.137. The Balaban J connectivity index is 1.84. The zero-order chi connectivity index (χ0) is 19.4. The van der Waals surface area contributed by atoms with Crippen LogP contribution in [0.5, 0.6) is 0 Å². The van der Waals surface area contributed by atoms with Crippen LogP contribution < -0.4 is 5.32 Å². The molecule has 8 nitrogen and oxygen atoms in total. The number of benzene rings is 1. The Bertz CT molecular complexity index is 963. The van der Waals surface area contributed by atoms with Gasteiger partial charge in [0.15, 0.2) is 17.7 Å². The van der Waals surface area contributed by atoms with E-state index in [1.807, 2.05) is 6.19 Å². The van der Waals surface area contributed by atoms with E-state index in [2.05, 4.69) is 25.5 Å². The van der Waals surface area contributed by atoms with E-state index in [1.54, 1.807) is 7.05 Å². The van der Waals surface area contributed by atoms with Gasteiger partial charge in [0.2, 0.25) is 5.89 Å². The van der Waals surface area contributed by atoms with Crippen LogP contribution in [-0.2, 0) is 12.7 Å². The van der Waals surface area contributed by atoms with Crippen LogP contribution in [0.1, 0.15) is 11.5 Å². The number of nitrogens with one attached hydrogen (secondary N) is 1. The molecule has 0 atom stereocenters. The molecule has 11 heteroatoms. The number of hydrogen-bond acceptors (Lipinski definition) is 8. The molecule has 0 aliphatic carbocycles. The van der Waals surface area contributed by atoms with Gasteiger partial charge in [0.1, 0.15) is 6.54 Å². The standard InChI is InChI=1S/C16H12F3N7O/c1-26(9-20)8-12-24-25-15(27-12)13-14(22-7-6-21-13)23-11-4-2-10(3-5-11)16(17,18)19/h2-7H,8H2,1H3,(H,22,23). The molecule has 0 bridgehead atoms. The van der Waals surface area contributed by atoms with Gasteiger partial charge in [-0.05, 0) is 24.3 Å². The molecule has 1 aromatic carbocycles. The van der Waals surface area contributed by atoms with Gasteiger partial charge in [0, 0.05) is 25.1 Å². The van der Waals surface area contributed by atoms with Crippen molar-refractivity contribution < 1.29 is 17.6 Å². The van der Waals surface area contributed by atoms with Crippen LogP contribution in [0.25, 0.3) is 11.6 Å². The molecule has 0 saturated carbocycles. The predicted molar refractivity (Wildman–Crippen MR) is 87.1 cm³/mol. The van der Waals surface area contributed by atoms with Crippen molar-refractivity contribution in [3.05, 3.63) is 48.1 Å². The number of alkyl halides is 3. The van der Waals surface area contributed by atoms with Crippen LogP contribution >= 0.6 is 0 Å². The van der Waals surface area contributed by atoms with E-state index in [0.717, 1.165) is 12.1 Å². The van der Waals surface area contributed by atoms with Crippen LogP contribution in [0.3, 0.4) is 0 Å². The molecule has 0 aliphatic rings. The minimum Gasteiger partial charge on any atom is -0.417 e. The molecule has 2 aromatic heterocycles. The van der Waals surface area contributed by atoms with Crippen molar-refractivity contribution in [1.82, 2.24) is 25.1 Å². The minimum absolute atomic E-state index is 0.0684. The summed E-state index contributed by atoms with van der Waals surface area (Å²) >= 11 is 0. The third kappa shape index (κ3) is 4.30. The molecule has 138 valence electrons. The minimum atomic E-state index is -4.41. The fourth-order valence-corrected chi connectivity index (χ4v) is 2.12. The topological polar surface area (TPSA) is 104 Å². The molecule has 0 fully saturated rings. The second kappa shape index (κ2) is 7.28. The second-order valence-corrected chi connectivity index (χ2v) is 5.41. The van der Waals surface area contributed by atoms with Crippen LogP contribution in [-0.4, -0.2) is 32.1 Å².